The first-order valence-electron chi connectivity index (χ1n) is 7.69. The average Bonchev–Trinajstić information content (AvgIpc) is 3.00. The SMILES string of the molecule is Cc1ccc(CC(=O)Nc2nc(-c3cc(Cl)ccc3Cl)cs2)c(C)c1. The van der Waals surface area contributed by atoms with Crippen molar-refractivity contribution in [3.63, 3.8) is 0 Å². The van der Waals surface area contributed by atoms with Gasteiger partial charge in [-0.05, 0) is 43.2 Å². The van der Waals surface area contributed by atoms with Crippen LogP contribution in [0.5, 0.6) is 0 Å². The number of carbonyl (C=O) groups excluding carboxylic acids is 1. The van der Waals surface area contributed by atoms with Crippen LogP contribution in [0, 0.1) is 13.8 Å². The number of rotatable bonds is 4. The van der Waals surface area contributed by atoms with Gasteiger partial charge in [0.25, 0.3) is 0 Å². The summed E-state index contributed by atoms with van der Waals surface area (Å²) in [6.07, 6.45) is 0.318. The zero-order valence-electron chi connectivity index (χ0n) is 13.8. The highest BCUT2D eigenvalue weighted by Crippen LogP contribution is 2.32. The molecule has 0 saturated carbocycles. The fourth-order valence-electron chi connectivity index (χ4n) is 2.53. The normalized spacial score (nSPS) is 10.7. The van der Waals surface area contributed by atoms with Crippen LogP contribution < -0.4 is 5.32 Å². The monoisotopic (exact) mass is 390 g/mol. The lowest BCUT2D eigenvalue weighted by molar-refractivity contribution is -0.115. The Balaban J connectivity index is 1.72. The number of nitrogens with zero attached hydrogens (tertiary/aromatic N) is 1. The Morgan fingerprint density at radius 2 is 1.96 bits per heavy atom. The largest absolute Gasteiger partial charge is 0.302 e. The van der Waals surface area contributed by atoms with E-state index in [1.54, 1.807) is 18.2 Å². The number of halogens is 2. The molecular weight excluding hydrogens is 375 g/mol. The molecule has 1 heterocycles. The third-order valence-corrected chi connectivity index (χ3v) is 5.13. The summed E-state index contributed by atoms with van der Waals surface area (Å²) in [4.78, 5) is 16.7. The summed E-state index contributed by atoms with van der Waals surface area (Å²) >= 11 is 13.6. The van der Waals surface area contributed by atoms with Crippen molar-refractivity contribution in [3.05, 3.63) is 68.5 Å². The Morgan fingerprint density at radius 1 is 1.16 bits per heavy atom. The van der Waals surface area contributed by atoms with Crippen LogP contribution in [-0.2, 0) is 11.2 Å². The standard InChI is InChI=1S/C19H16Cl2N2OS/c1-11-3-4-13(12(2)7-11)8-18(24)23-19-22-17(10-25-19)15-9-14(20)5-6-16(15)21/h3-7,9-10H,8H2,1-2H3,(H,22,23,24). The van der Waals surface area contributed by atoms with E-state index in [0.29, 0.717) is 27.3 Å². The Morgan fingerprint density at radius 3 is 2.72 bits per heavy atom. The number of aryl methyl sites for hydroxylation is 2. The minimum atomic E-state index is -0.0926. The lowest BCUT2D eigenvalue weighted by Gasteiger charge is -2.06. The van der Waals surface area contributed by atoms with Gasteiger partial charge >= 0.3 is 0 Å². The second-order valence-electron chi connectivity index (χ2n) is 5.82. The van der Waals surface area contributed by atoms with E-state index in [9.17, 15) is 4.79 Å². The molecule has 1 N–H and O–H groups in total. The first-order chi connectivity index (χ1) is 11.9. The molecule has 25 heavy (non-hydrogen) atoms. The zero-order valence-corrected chi connectivity index (χ0v) is 16.1. The van der Waals surface area contributed by atoms with Gasteiger partial charge < -0.3 is 5.32 Å². The minimum absolute atomic E-state index is 0.0926. The second-order valence-corrected chi connectivity index (χ2v) is 7.52. The Labute approximate surface area is 160 Å². The molecule has 0 saturated heterocycles. The van der Waals surface area contributed by atoms with E-state index < -0.39 is 0 Å². The molecule has 1 aromatic heterocycles. The fraction of sp³-hybridized carbons (Fsp3) is 0.158. The molecule has 0 aliphatic carbocycles. The van der Waals surface area contributed by atoms with Crippen molar-refractivity contribution in [1.29, 1.82) is 0 Å². The predicted molar refractivity (Wildman–Crippen MR) is 106 cm³/mol. The fourth-order valence-corrected chi connectivity index (χ4v) is 3.64. The number of anilines is 1. The van der Waals surface area contributed by atoms with Crippen molar-refractivity contribution < 1.29 is 4.79 Å². The molecule has 0 spiro atoms. The van der Waals surface area contributed by atoms with Crippen molar-refractivity contribution in [2.75, 3.05) is 5.32 Å². The van der Waals surface area contributed by atoms with E-state index in [-0.39, 0.29) is 5.91 Å². The van der Waals surface area contributed by atoms with Gasteiger partial charge in [0.2, 0.25) is 5.91 Å². The highest BCUT2D eigenvalue weighted by Gasteiger charge is 2.12. The van der Waals surface area contributed by atoms with E-state index in [0.717, 1.165) is 16.7 Å². The number of aromatic nitrogens is 1. The molecule has 128 valence electrons. The lowest BCUT2D eigenvalue weighted by Crippen LogP contribution is -2.14. The maximum Gasteiger partial charge on any atom is 0.230 e. The molecule has 1 amide bonds. The maximum absolute atomic E-state index is 12.3. The number of thiazole rings is 1. The Bertz CT molecular complexity index is 937. The van der Waals surface area contributed by atoms with E-state index >= 15 is 0 Å². The second kappa shape index (κ2) is 7.56. The third-order valence-electron chi connectivity index (χ3n) is 3.80. The summed E-state index contributed by atoms with van der Waals surface area (Å²) in [5.74, 6) is -0.0926. The molecule has 3 aromatic rings. The molecule has 0 fully saturated rings. The Hall–Kier alpha value is -1.88. The van der Waals surface area contributed by atoms with Gasteiger partial charge in [-0.25, -0.2) is 4.98 Å². The third kappa shape index (κ3) is 4.40. The predicted octanol–water partition coefficient (Wildman–Crippen LogP) is 5.91. The molecule has 0 bridgehead atoms. The minimum Gasteiger partial charge on any atom is -0.302 e. The van der Waals surface area contributed by atoms with Crippen molar-refractivity contribution in [2.45, 2.75) is 20.3 Å². The van der Waals surface area contributed by atoms with Crippen molar-refractivity contribution >= 4 is 45.6 Å². The summed E-state index contributed by atoms with van der Waals surface area (Å²) in [5.41, 5.74) is 4.75. The summed E-state index contributed by atoms with van der Waals surface area (Å²) in [5, 5.41) is 6.41. The number of hydrogen-bond acceptors (Lipinski definition) is 3. The van der Waals surface area contributed by atoms with Gasteiger partial charge in [0.1, 0.15) is 0 Å². The molecule has 2 aromatic carbocycles. The van der Waals surface area contributed by atoms with Crippen LogP contribution >= 0.6 is 34.5 Å². The van der Waals surface area contributed by atoms with Crippen LogP contribution in [0.1, 0.15) is 16.7 Å². The average molecular weight is 391 g/mol. The van der Waals surface area contributed by atoms with Crippen LogP contribution in [0.3, 0.4) is 0 Å². The van der Waals surface area contributed by atoms with Gasteiger partial charge in [-0.15, -0.1) is 11.3 Å². The van der Waals surface area contributed by atoms with Gasteiger partial charge in [-0.2, -0.15) is 0 Å². The summed E-state index contributed by atoms with van der Waals surface area (Å²) in [7, 11) is 0. The van der Waals surface area contributed by atoms with Crippen molar-refractivity contribution in [1.82, 2.24) is 4.98 Å². The van der Waals surface area contributed by atoms with Gasteiger partial charge in [-0.3, -0.25) is 4.79 Å². The molecule has 3 nitrogen and oxygen atoms in total. The first-order valence-corrected chi connectivity index (χ1v) is 9.33. The van der Waals surface area contributed by atoms with Crippen LogP contribution in [0.4, 0.5) is 5.13 Å². The van der Waals surface area contributed by atoms with Crippen LogP contribution in [-0.4, -0.2) is 10.9 Å². The number of hydrogen-bond donors (Lipinski definition) is 1. The van der Waals surface area contributed by atoms with Crippen LogP contribution in [0.2, 0.25) is 10.0 Å². The summed E-state index contributed by atoms with van der Waals surface area (Å²) in [6, 6.07) is 11.3. The smallest absolute Gasteiger partial charge is 0.230 e. The van der Waals surface area contributed by atoms with E-state index in [2.05, 4.69) is 16.4 Å². The molecular formula is C19H16Cl2N2OS. The van der Waals surface area contributed by atoms with Gasteiger partial charge in [0.05, 0.1) is 17.1 Å². The first kappa shape index (κ1) is 17.9. The van der Waals surface area contributed by atoms with Crippen LogP contribution in [0.25, 0.3) is 11.3 Å². The number of benzene rings is 2. The van der Waals surface area contributed by atoms with Gasteiger partial charge in [0.15, 0.2) is 5.13 Å². The van der Waals surface area contributed by atoms with E-state index in [1.807, 2.05) is 31.4 Å². The highest BCUT2D eigenvalue weighted by molar-refractivity contribution is 7.14. The van der Waals surface area contributed by atoms with Gasteiger partial charge in [-0.1, -0.05) is 47.0 Å². The van der Waals surface area contributed by atoms with Crippen molar-refractivity contribution in [3.8, 4) is 11.3 Å². The zero-order chi connectivity index (χ0) is 18.0. The molecule has 3 rings (SSSR count). The van der Waals surface area contributed by atoms with E-state index in [1.165, 1.54) is 16.9 Å². The number of nitrogens with one attached hydrogen (secondary N) is 1. The summed E-state index contributed by atoms with van der Waals surface area (Å²) in [6.45, 7) is 4.05. The number of amides is 1. The Kier molecular flexibility index (Phi) is 5.42. The lowest BCUT2D eigenvalue weighted by atomic mass is 10.0. The quantitative estimate of drug-likeness (QED) is 0.600. The molecule has 0 aliphatic rings. The molecule has 6 heteroatoms. The number of carbonyl (C=O) groups is 1. The van der Waals surface area contributed by atoms with Gasteiger partial charge in [0, 0.05) is 16.0 Å². The van der Waals surface area contributed by atoms with E-state index in [4.69, 9.17) is 23.2 Å². The topological polar surface area (TPSA) is 42.0 Å². The molecule has 0 atom stereocenters. The summed E-state index contributed by atoms with van der Waals surface area (Å²) < 4.78 is 0. The molecule has 0 radical (unpaired) electrons. The highest BCUT2D eigenvalue weighted by atomic mass is 35.5. The van der Waals surface area contributed by atoms with Crippen LogP contribution in [0.15, 0.2) is 41.8 Å². The maximum atomic E-state index is 12.3. The molecule has 0 aliphatic heterocycles. The molecule has 0 unspecified atom stereocenters. The van der Waals surface area contributed by atoms with Crippen molar-refractivity contribution in [2.24, 2.45) is 0 Å².